The summed E-state index contributed by atoms with van der Waals surface area (Å²) in [6.45, 7) is 3.42. The molecule has 8 heteroatoms. The van der Waals surface area contributed by atoms with Gasteiger partial charge in [0.1, 0.15) is 11.7 Å². The van der Waals surface area contributed by atoms with E-state index in [1.807, 2.05) is 31.2 Å². The van der Waals surface area contributed by atoms with Crippen LogP contribution in [0.3, 0.4) is 0 Å². The molecule has 0 spiro atoms. The molecular formula is C22H23N3O5. The number of para-hydroxylation sites is 1. The van der Waals surface area contributed by atoms with Crippen LogP contribution < -0.4 is 10.1 Å². The summed E-state index contributed by atoms with van der Waals surface area (Å²) in [6, 6.07) is 10.9. The van der Waals surface area contributed by atoms with Crippen molar-refractivity contribution in [2.24, 2.45) is 5.92 Å². The first-order chi connectivity index (χ1) is 14.5. The van der Waals surface area contributed by atoms with Crippen molar-refractivity contribution in [2.45, 2.75) is 25.0 Å². The highest BCUT2D eigenvalue weighted by molar-refractivity contribution is 6.02. The van der Waals surface area contributed by atoms with Gasteiger partial charge in [0.2, 0.25) is 11.8 Å². The Bertz CT molecular complexity index is 996. The molecule has 8 nitrogen and oxygen atoms in total. The van der Waals surface area contributed by atoms with Crippen molar-refractivity contribution in [3.63, 3.8) is 0 Å². The van der Waals surface area contributed by atoms with Crippen molar-refractivity contribution in [3.05, 3.63) is 54.0 Å². The number of nitrogens with zero attached hydrogens (tertiary/aromatic N) is 2. The monoisotopic (exact) mass is 409 g/mol. The molecule has 0 unspecified atom stereocenters. The van der Waals surface area contributed by atoms with E-state index in [4.69, 9.17) is 9.15 Å². The average molecular weight is 409 g/mol. The van der Waals surface area contributed by atoms with Crippen molar-refractivity contribution in [1.29, 1.82) is 0 Å². The summed E-state index contributed by atoms with van der Waals surface area (Å²) in [7, 11) is 0. The van der Waals surface area contributed by atoms with Gasteiger partial charge < -0.3 is 24.3 Å². The molecular weight excluding hydrogens is 386 g/mol. The molecule has 3 aliphatic rings. The Morgan fingerprint density at radius 1 is 1.07 bits per heavy atom. The van der Waals surface area contributed by atoms with Crippen molar-refractivity contribution >= 4 is 17.7 Å². The van der Waals surface area contributed by atoms with Crippen LogP contribution >= 0.6 is 0 Å². The van der Waals surface area contributed by atoms with Gasteiger partial charge in [0.15, 0.2) is 11.5 Å². The van der Waals surface area contributed by atoms with Crippen LogP contribution in [0.4, 0.5) is 0 Å². The predicted octanol–water partition coefficient (Wildman–Crippen LogP) is 1.59. The largest absolute Gasteiger partial charge is 0.468 e. The minimum Gasteiger partial charge on any atom is -0.468 e. The second kappa shape index (κ2) is 6.90. The number of hydrogen-bond acceptors (Lipinski definition) is 5. The number of carbonyl (C=O) groups excluding carboxylic acids is 3. The second-order valence-electron chi connectivity index (χ2n) is 8.24. The Morgan fingerprint density at radius 2 is 1.80 bits per heavy atom. The SMILES string of the molecule is C[C@@]12C[C@@H](c3ccccc3O1)[C@H](C(=O)N1CCN(C(=O)c3ccco3)CC1)C(=O)N2. The Hall–Kier alpha value is -3.29. The fourth-order valence-corrected chi connectivity index (χ4v) is 4.76. The average Bonchev–Trinajstić information content (AvgIpc) is 3.27. The molecule has 3 atom stereocenters. The van der Waals surface area contributed by atoms with Gasteiger partial charge in [-0.1, -0.05) is 18.2 Å². The molecule has 2 aromatic rings. The lowest BCUT2D eigenvalue weighted by Gasteiger charge is -2.48. The van der Waals surface area contributed by atoms with Crippen molar-refractivity contribution < 1.29 is 23.5 Å². The summed E-state index contributed by atoms with van der Waals surface area (Å²) in [5.41, 5.74) is 0.0934. The van der Waals surface area contributed by atoms with Gasteiger partial charge in [-0.05, 0) is 30.7 Å². The number of fused-ring (bicyclic) bond motifs is 4. The Kier molecular flexibility index (Phi) is 4.30. The third-order valence-electron chi connectivity index (χ3n) is 6.21. The first-order valence-electron chi connectivity index (χ1n) is 10.2. The van der Waals surface area contributed by atoms with Gasteiger partial charge in [0, 0.05) is 38.5 Å². The zero-order valence-corrected chi connectivity index (χ0v) is 16.7. The first-order valence-corrected chi connectivity index (χ1v) is 10.2. The van der Waals surface area contributed by atoms with Crippen LogP contribution in [-0.4, -0.2) is 59.4 Å². The molecule has 4 heterocycles. The number of nitrogens with one attached hydrogen (secondary N) is 1. The number of benzene rings is 1. The molecule has 2 bridgehead atoms. The number of amides is 3. The van der Waals surface area contributed by atoms with Crippen LogP contribution in [0.2, 0.25) is 0 Å². The molecule has 2 fully saturated rings. The number of furan rings is 1. The summed E-state index contributed by atoms with van der Waals surface area (Å²) in [5, 5.41) is 2.90. The Morgan fingerprint density at radius 3 is 2.53 bits per heavy atom. The minimum absolute atomic E-state index is 0.184. The maximum atomic E-state index is 13.4. The van der Waals surface area contributed by atoms with E-state index >= 15 is 0 Å². The van der Waals surface area contributed by atoms with E-state index in [0.29, 0.717) is 44.1 Å². The molecule has 30 heavy (non-hydrogen) atoms. The van der Waals surface area contributed by atoms with E-state index in [1.165, 1.54) is 6.26 Å². The lowest BCUT2D eigenvalue weighted by molar-refractivity contribution is -0.153. The van der Waals surface area contributed by atoms with Crippen LogP contribution in [0.1, 0.15) is 35.4 Å². The number of carbonyl (C=O) groups is 3. The molecule has 0 aliphatic carbocycles. The van der Waals surface area contributed by atoms with Gasteiger partial charge in [-0.25, -0.2) is 0 Å². The van der Waals surface area contributed by atoms with E-state index in [2.05, 4.69) is 5.32 Å². The third-order valence-corrected chi connectivity index (χ3v) is 6.21. The highest BCUT2D eigenvalue weighted by Crippen LogP contribution is 2.47. The summed E-state index contributed by atoms with van der Waals surface area (Å²) in [5.74, 6) is -0.706. The molecule has 156 valence electrons. The smallest absolute Gasteiger partial charge is 0.289 e. The number of ether oxygens (including phenoxy) is 1. The van der Waals surface area contributed by atoms with Crippen molar-refractivity contribution in [1.82, 2.24) is 15.1 Å². The molecule has 1 N–H and O–H groups in total. The van der Waals surface area contributed by atoms with Crippen molar-refractivity contribution in [3.8, 4) is 5.75 Å². The van der Waals surface area contributed by atoms with Crippen LogP contribution in [0.5, 0.6) is 5.75 Å². The fraction of sp³-hybridized carbons (Fsp3) is 0.409. The molecule has 1 aromatic carbocycles. The summed E-state index contributed by atoms with van der Waals surface area (Å²) in [6.07, 6.45) is 2.01. The number of piperazine rings is 1. The number of hydrogen-bond donors (Lipinski definition) is 1. The van der Waals surface area contributed by atoms with Crippen LogP contribution in [0.25, 0.3) is 0 Å². The molecule has 0 saturated carbocycles. The van der Waals surface area contributed by atoms with E-state index in [0.717, 1.165) is 5.56 Å². The van der Waals surface area contributed by atoms with Gasteiger partial charge >= 0.3 is 0 Å². The van der Waals surface area contributed by atoms with E-state index in [1.54, 1.807) is 21.9 Å². The maximum Gasteiger partial charge on any atom is 0.289 e. The highest BCUT2D eigenvalue weighted by Gasteiger charge is 2.52. The van der Waals surface area contributed by atoms with Gasteiger partial charge in [-0.2, -0.15) is 0 Å². The lowest BCUT2D eigenvalue weighted by atomic mass is 9.74. The standard InChI is InChI=1S/C22H23N3O5/c1-22-13-15(14-5-2-3-6-16(14)30-22)18(19(26)23-22)21(28)25-10-8-24(9-11-25)20(27)17-7-4-12-29-17/h2-7,12,15,18H,8-11,13H2,1H3,(H,23,26)/t15-,18-,22-/m0/s1. The van der Waals surface area contributed by atoms with Gasteiger partial charge in [0.05, 0.1) is 6.26 Å². The number of rotatable bonds is 2. The predicted molar refractivity (Wildman–Crippen MR) is 106 cm³/mol. The first kappa shape index (κ1) is 18.7. The van der Waals surface area contributed by atoms with E-state index < -0.39 is 11.6 Å². The minimum atomic E-state index is -0.805. The maximum absolute atomic E-state index is 13.4. The fourth-order valence-electron chi connectivity index (χ4n) is 4.76. The summed E-state index contributed by atoms with van der Waals surface area (Å²) < 4.78 is 11.2. The third kappa shape index (κ3) is 3.03. The summed E-state index contributed by atoms with van der Waals surface area (Å²) >= 11 is 0. The topological polar surface area (TPSA) is 92.1 Å². The molecule has 0 radical (unpaired) electrons. The van der Waals surface area contributed by atoms with Gasteiger partial charge in [-0.3, -0.25) is 14.4 Å². The zero-order chi connectivity index (χ0) is 20.9. The van der Waals surface area contributed by atoms with Gasteiger partial charge in [-0.15, -0.1) is 0 Å². The molecule has 2 saturated heterocycles. The number of piperidine rings is 1. The zero-order valence-electron chi connectivity index (χ0n) is 16.7. The molecule has 5 rings (SSSR count). The van der Waals surface area contributed by atoms with Gasteiger partial charge in [0.25, 0.3) is 5.91 Å². The van der Waals surface area contributed by atoms with Crippen LogP contribution in [0.15, 0.2) is 47.1 Å². The van der Waals surface area contributed by atoms with Crippen LogP contribution in [-0.2, 0) is 9.59 Å². The van der Waals surface area contributed by atoms with E-state index in [9.17, 15) is 14.4 Å². The normalized spacial score (nSPS) is 27.7. The second-order valence-corrected chi connectivity index (χ2v) is 8.24. The quantitative estimate of drug-likeness (QED) is 0.761. The molecule has 3 aliphatic heterocycles. The lowest BCUT2D eigenvalue weighted by Crippen LogP contribution is -2.64. The van der Waals surface area contributed by atoms with E-state index in [-0.39, 0.29) is 23.6 Å². The molecule has 1 aromatic heterocycles. The molecule has 3 amide bonds. The van der Waals surface area contributed by atoms with Crippen LogP contribution in [0, 0.1) is 5.92 Å². The highest BCUT2D eigenvalue weighted by atomic mass is 16.5. The Labute approximate surface area is 173 Å². The summed E-state index contributed by atoms with van der Waals surface area (Å²) in [4.78, 5) is 42.1. The van der Waals surface area contributed by atoms with Crippen molar-refractivity contribution in [2.75, 3.05) is 26.2 Å². The Balaban J connectivity index is 1.33.